The summed E-state index contributed by atoms with van der Waals surface area (Å²) in [5, 5.41) is 4.64. The fraction of sp³-hybridized carbons (Fsp3) is 0.800. The van der Waals surface area contributed by atoms with Crippen LogP contribution in [-0.2, 0) is 19.5 Å². The summed E-state index contributed by atoms with van der Waals surface area (Å²) < 4.78 is 2.15. The second-order valence-electron chi connectivity index (χ2n) is 5.46. The maximum Gasteiger partial charge on any atom is 0.0625 e. The minimum atomic E-state index is 0.739. The van der Waals surface area contributed by atoms with Crippen LogP contribution in [0.4, 0.5) is 0 Å². The zero-order chi connectivity index (χ0) is 14.4. The Bertz CT molecular complexity index is 405. The van der Waals surface area contributed by atoms with Gasteiger partial charge in [-0.2, -0.15) is 5.10 Å². The number of aryl methyl sites for hydroxylation is 2. The van der Waals surface area contributed by atoms with Crippen LogP contribution in [0.1, 0.15) is 31.7 Å². The summed E-state index contributed by atoms with van der Waals surface area (Å²) in [6.07, 6.45) is 2.25. The summed E-state index contributed by atoms with van der Waals surface area (Å²) >= 11 is 5.85. The van der Waals surface area contributed by atoms with E-state index in [-0.39, 0.29) is 0 Å². The van der Waals surface area contributed by atoms with Gasteiger partial charge in [-0.25, -0.2) is 0 Å². The number of halogens is 1. The monoisotopic (exact) mass is 298 g/mol. The maximum absolute atomic E-state index is 5.85. The van der Waals surface area contributed by atoms with Gasteiger partial charge in [0, 0.05) is 38.6 Å². The zero-order valence-electron chi connectivity index (χ0n) is 12.8. The van der Waals surface area contributed by atoms with Crippen molar-refractivity contribution in [2.45, 2.75) is 39.8 Å². The molecule has 1 aromatic heterocycles. The van der Waals surface area contributed by atoms with Crippen molar-refractivity contribution in [3.8, 4) is 0 Å². The summed E-state index contributed by atoms with van der Waals surface area (Å²) in [6.45, 7) is 12.0. The van der Waals surface area contributed by atoms with E-state index >= 15 is 0 Å². The SMILES string of the molecule is CCc1cc(CN2CCCN(CCCl)CC2)n(CC)n1. The molecular weight excluding hydrogens is 272 g/mol. The highest BCUT2D eigenvalue weighted by Gasteiger charge is 2.16. The number of nitrogens with zero attached hydrogens (tertiary/aromatic N) is 4. The Kier molecular flexibility index (Phi) is 6.33. The van der Waals surface area contributed by atoms with Gasteiger partial charge < -0.3 is 4.90 Å². The van der Waals surface area contributed by atoms with Crippen molar-refractivity contribution in [3.63, 3.8) is 0 Å². The largest absolute Gasteiger partial charge is 0.301 e. The van der Waals surface area contributed by atoms with Gasteiger partial charge >= 0.3 is 0 Å². The molecule has 0 spiro atoms. The zero-order valence-corrected chi connectivity index (χ0v) is 13.6. The van der Waals surface area contributed by atoms with Crippen molar-refractivity contribution in [1.82, 2.24) is 19.6 Å². The molecule has 2 rings (SSSR count). The predicted octanol–water partition coefficient (Wildman–Crippen LogP) is 2.21. The second-order valence-corrected chi connectivity index (χ2v) is 5.83. The summed E-state index contributed by atoms with van der Waals surface area (Å²) in [5.74, 6) is 0.739. The lowest BCUT2D eigenvalue weighted by molar-refractivity contribution is 0.252. The molecule has 0 N–H and O–H groups in total. The van der Waals surface area contributed by atoms with Crippen LogP contribution in [0, 0.1) is 0 Å². The fourth-order valence-electron chi connectivity index (χ4n) is 2.84. The van der Waals surface area contributed by atoms with Gasteiger partial charge in [0.25, 0.3) is 0 Å². The number of rotatable bonds is 6. The molecular formula is C15H27ClN4. The van der Waals surface area contributed by atoms with Crippen molar-refractivity contribution < 1.29 is 0 Å². The van der Waals surface area contributed by atoms with E-state index in [1.165, 1.54) is 30.9 Å². The summed E-state index contributed by atoms with van der Waals surface area (Å²) in [6, 6.07) is 2.27. The molecule has 0 aromatic carbocycles. The van der Waals surface area contributed by atoms with E-state index in [9.17, 15) is 0 Å². The van der Waals surface area contributed by atoms with Crippen LogP contribution < -0.4 is 0 Å². The first-order valence-corrected chi connectivity index (χ1v) is 8.36. The van der Waals surface area contributed by atoms with Crippen LogP contribution in [-0.4, -0.2) is 58.2 Å². The lowest BCUT2D eigenvalue weighted by Gasteiger charge is -2.21. The van der Waals surface area contributed by atoms with Gasteiger partial charge in [0.05, 0.1) is 11.4 Å². The Hall–Kier alpha value is -0.580. The van der Waals surface area contributed by atoms with Gasteiger partial charge in [0.1, 0.15) is 0 Å². The molecule has 1 aromatic rings. The molecule has 0 saturated carbocycles. The summed E-state index contributed by atoms with van der Waals surface area (Å²) in [7, 11) is 0. The minimum Gasteiger partial charge on any atom is -0.301 e. The number of aromatic nitrogens is 2. The van der Waals surface area contributed by atoms with Crippen LogP contribution in [0.2, 0.25) is 0 Å². The van der Waals surface area contributed by atoms with E-state index in [0.717, 1.165) is 45.0 Å². The third kappa shape index (κ3) is 4.21. The predicted molar refractivity (Wildman–Crippen MR) is 84.3 cm³/mol. The first-order valence-electron chi connectivity index (χ1n) is 7.83. The number of hydrogen-bond donors (Lipinski definition) is 0. The fourth-order valence-corrected chi connectivity index (χ4v) is 3.08. The summed E-state index contributed by atoms with van der Waals surface area (Å²) in [5.41, 5.74) is 2.57. The van der Waals surface area contributed by atoms with E-state index in [1.54, 1.807) is 0 Å². The minimum absolute atomic E-state index is 0.739. The van der Waals surface area contributed by atoms with Crippen LogP contribution in [0.15, 0.2) is 6.07 Å². The van der Waals surface area contributed by atoms with Crippen molar-refractivity contribution in [2.75, 3.05) is 38.6 Å². The smallest absolute Gasteiger partial charge is 0.0625 e. The average molecular weight is 299 g/mol. The van der Waals surface area contributed by atoms with Crippen LogP contribution in [0.5, 0.6) is 0 Å². The van der Waals surface area contributed by atoms with Crippen molar-refractivity contribution in [2.24, 2.45) is 0 Å². The van der Waals surface area contributed by atoms with Crippen LogP contribution in [0.3, 0.4) is 0 Å². The highest BCUT2D eigenvalue weighted by molar-refractivity contribution is 6.18. The van der Waals surface area contributed by atoms with Gasteiger partial charge in [0.15, 0.2) is 0 Å². The van der Waals surface area contributed by atoms with Gasteiger partial charge in [-0.3, -0.25) is 9.58 Å². The Balaban J connectivity index is 1.94. The first kappa shape index (κ1) is 15.8. The molecule has 1 saturated heterocycles. The van der Waals surface area contributed by atoms with Crippen LogP contribution in [0.25, 0.3) is 0 Å². The topological polar surface area (TPSA) is 24.3 Å². The van der Waals surface area contributed by atoms with E-state index < -0.39 is 0 Å². The quantitative estimate of drug-likeness (QED) is 0.753. The standard InChI is InChI=1S/C15H27ClN4/c1-3-14-12-15(20(4-2)17-14)13-19-8-5-7-18(9-6-16)10-11-19/h12H,3-11,13H2,1-2H3. The molecule has 5 heteroatoms. The molecule has 114 valence electrons. The molecule has 0 bridgehead atoms. The Morgan fingerprint density at radius 2 is 1.90 bits per heavy atom. The summed E-state index contributed by atoms with van der Waals surface area (Å²) in [4.78, 5) is 5.03. The molecule has 1 aliphatic heterocycles. The molecule has 0 atom stereocenters. The first-order chi connectivity index (χ1) is 9.76. The molecule has 2 heterocycles. The van der Waals surface area contributed by atoms with E-state index in [1.807, 2.05) is 0 Å². The van der Waals surface area contributed by atoms with E-state index in [2.05, 4.69) is 39.5 Å². The molecule has 1 aliphatic rings. The number of hydrogen-bond acceptors (Lipinski definition) is 3. The van der Waals surface area contributed by atoms with Crippen molar-refractivity contribution >= 4 is 11.6 Å². The van der Waals surface area contributed by atoms with Gasteiger partial charge in [-0.05, 0) is 38.9 Å². The van der Waals surface area contributed by atoms with Gasteiger partial charge in [-0.1, -0.05) is 6.92 Å². The Morgan fingerprint density at radius 3 is 2.60 bits per heavy atom. The normalized spacial score (nSPS) is 18.4. The highest BCUT2D eigenvalue weighted by atomic mass is 35.5. The van der Waals surface area contributed by atoms with E-state index in [4.69, 9.17) is 11.6 Å². The molecule has 1 fully saturated rings. The second kappa shape index (κ2) is 8.01. The van der Waals surface area contributed by atoms with Gasteiger partial charge in [-0.15, -0.1) is 11.6 Å². The molecule has 4 nitrogen and oxygen atoms in total. The Labute approximate surface area is 127 Å². The Morgan fingerprint density at radius 1 is 1.15 bits per heavy atom. The van der Waals surface area contributed by atoms with Gasteiger partial charge in [0.2, 0.25) is 0 Å². The van der Waals surface area contributed by atoms with E-state index in [0.29, 0.717) is 0 Å². The lowest BCUT2D eigenvalue weighted by Crippen LogP contribution is -2.32. The third-order valence-electron chi connectivity index (χ3n) is 4.04. The molecule has 0 radical (unpaired) electrons. The van der Waals surface area contributed by atoms with Crippen LogP contribution >= 0.6 is 11.6 Å². The molecule has 0 unspecified atom stereocenters. The average Bonchev–Trinajstić information content (AvgIpc) is 2.72. The highest BCUT2D eigenvalue weighted by Crippen LogP contribution is 2.11. The maximum atomic E-state index is 5.85. The number of alkyl halides is 1. The van der Waals surface area contributed by atoms with Crippen molar-refractivity contribution in [1.29, 1.82) is 0 Å². The lowest BCUT2D eigenvalue weighted by atomic mass is 10.3. The molecule has 0 amide bonds. The molecule has 0 aliphatic carbocycles. The third-order valence-corrected chi connectivity index (χ3v) is 4.21. The molecule has 20 heavy (non-hydrogen) atoms. The van der Waals surface area contributed by atoms with Crippen molar-refractivity contribution in [3.05, 3.63) is 17.5 Å².